The zero-order valence-electron chi connectivity index (χ0n) is 14.0. The lowest BCUT2D eigenvalue weighted by Crippen LogP contribution is -2.58. The van der Waals surface area contributed by atoms with Crippen molar-refractivity contribution in [3.63, 3.8) is 0 Å². The fourth-order valence-electron chi connectivity index (χ4n) is 5.20. The van der Waals surface area contributed by atoms with Gasteiger partial charge >= 0.3 is 0 Å². The number of allylic oxidation sites excluding steroid dienone is 2. The first-order valence-corrected chi connectivity index (χ1v) is 9.37. The van der Waals surface area contributed by atoms with E-state index < -0.39 is 0 Å². The fraction of sp³-hybridized carbons (Fsp3) is 0.842. The van der Waals surface area contributed by atoms with Crippen LogP contribution in [0, 0.1) is 5.92 Å². The van der Waals surface area contributed by atoms with E-state index in [0.29, 0.717) is 5.78 Å². The van der Waals surface area contributed by atoms with Crippen molar-refractivity contribution in [1.82, 2.24) is 4.90 Å². The molecule has 1 spiro atoms. The van der Waals surface area contributed by atoms with E-state index in [4.69, 9.17) is 0 Å². The molecule has 0 aromatic heterocycles. The summed E-state index contributed by atoms with van der Waals surface area (Å²) in [5.41, 5.74) is 1.29. The number of nitrogens with zero attached hydrogens (tertiary/aromatic N) is 1. The van der Waals surface area contributed by atoms with Gasteiger partial charge in [0.05, 0.1) is 18.2 Å². The minimum atomic E-state index is 0.0531. The third-order valence-electron chi connectivity index (χ3n) is 6.22. The molecule has 0 amide bonds. The minimum Gasteiger partial charge on any atom is -0.394 e. The maximum Gasteiger partial charge on any atom is 0.162 e. The molecule has 3 rings (SSSR count). The van der Waals surface area contributed by atoms with Gasteiger partial charge in [-0.1, -0.05) is 39.0 Å². The number of carbonyl (C=O) groups is 1. The molecule has 2 aliphatic heterocycles. The van der Waals surface area contributed by atoms with Crippen LogP contribution in [0.2, 0.25) is 0 Å². The Hall–Kier alpha value is -0.830. The summed E-state index contributed by atoms with van der Waals surface area (Å²) in [7, 11) is 0. The van der Waals surface area contributed by atoms with E-state index in [2.05, 4.69) is 11.8 Å². The van der Waals surface area contributed by atoms with Crippen molar-refractivity contribution in [2.24, 2.45) is 5.92 Å². The topological polar surface area (TPSA) is 40.5 Å². The highest BCUT2D eigenvalue weighted by atomic mass is 16.3. The van der Waals surface area contributed by atoms with Crippen molar-refractivity contribution in [2.45, 2.75) is 89.1 Å². The zero-order valence-corrected chi connectivity index (χ0v) is 14.0. The van der Waals surface area contributed by atoms with Crippen LogP contribution < -0.4 is 0 Å². The predicted molar refractivity (Wildman–Crippen MR) is 88.5 cm³/mol. The number of hydrogen-bond donors (Lipinski definition) is 1. The quantitative estimate of drug-likeness (QED) is 0.759. The molecule has 1 saturated carbocycles. The van der Waals surface area contributed by atoms with Crippen molar-refractivity contribution < 1.29 is 9.90 Å². The molecule has 0 radical (unpaired) electrons. The van der Waals surface area contributed by atoms with Gasteiger partial charge < -0.3 is 10.0 Å². The third kappa shape index (κ3) is 2.62. The molecule has 3 aliphatic rings. The third-order valence-corrected chi connectivity index (χ3v) is 6.22. The second-order valence-corrected chi connectivity index (χ2v) is 7.50. The summed E-state index contributed by atoms with van der Waals surface area (Å²) in [6, 6.07) is 0.242. The normalized spacial score (nSPS) is 34.4. The SMILES string of the molecule is CCCCCCC1=CC(=O)[C@@H]2CCCC[C@@]23CC[C@H](CO)N13. The number of hydrogen-bond acceptors (Lipinski definition) is 3. The Morgan fingerprint density at radius 1 is 1.23 bits per heavy atom. The van der Waals surface area contributed by atoms with E-state index >= 15 is 0 Å². The summed E-state index contributed by atoms with van der Waals surface area (Å²) in [5.74, 6) is 0.567. The molecule has 1 saturated heterocycles. The van der Waals surface area contributed by atoms with Gasteiger partial charge in [0, 0.05) is 17.7 Å². The van der Waals surface area contributed by atoms with Crippen molar-refractivity contribution in [1.29, 1.82) is 0 Å². The molecule has 0 unspecified atom stereocenters. The van der Waals surface area contributed by atoms with Crippen LogP contribution in [-0.2, 0) is 4.79 Å². The van der Waals surface area contributed by atoms with Crippen LogP contribution in [0.5, 0.6) is 0 Å². The maximum absolute atomic E-state index is 12.7. The van der Waals surface area contributed by atoms with Gasteiger partial charge in [-0.3, -0.25) is 4.79 Å². The molecular weight excluding hydrogens is 274 g/mol. The van der Waals surface area contributed by atoms with Crippen LogP contribution in [0.3, 0.4) is 0 Å². The number of rotatable bonds is 6. The van der Waals surface area contributed by atoms with Gasteiger partial charge in [-0.2, -0.15) is 0 Å². The van der Waals surface area contributed by atoms with E-state index in [1.165, 1.54) is 44.2 Å². The molecule has 1 aliphatic carbocycles. The van der Waals surface area contributed by atoms with Crippen LogP contribution in [0.25, 0.3) is 0 Å². The van der Waals surface area contributed by atoms with Crippen LogP contribution in [-0.4, -0.2) is 34.0 Å². The second kappa shape index (κ2) is 6.74. The lowest BCUT2D eigenvalue weighted by Gasteiger charge is -2.52. The van der Waals surface area contributed by atoms with Gasteiger partial charge in [0.25, 0.3) is 0 Å². The van der Waals surface area contributed by atoms with Crippen LogP contribution in [0.4, 0.5) is 0 Å². The maximum atomic E-state index is 12.7. The monoisotopic (exact) mass is 305 g/mol. The van der Waals surface area contributed by atoms with Crippen LogP contribution in [0.15, 0.2) is 11.8 Å². The van der Waals surface area contributed by atoms with Gasteiger partial charge in [0.1, 0.15) is 0 Å². The first-order chi connectivity index (χ1) is 10.7. The average Bonchev–Trinajstić information content (AvgIpc) is 2.90. The number of carbonyl (C=O) groups excluding carboxylic acids is 1. The molecule has 0 aromatic carbocycles. The number of aliphatic hydroxyl groups excluding tert-OH is 1. The second-order valence-electron chi connectivity index (χ2n) is 7.50. The molecule has 3 atom stereocenters. The Morgan fingerprint density at radius 3 is 2.86 bits per heavy atom. The summed E-state index contributed by atoms with van der Waals surface area (Å²) < 4.78 is 0. The van der Waals surface area contributed by atoms with Crippen LogP contribution >= 0.6 is 0 Å². The molecular formula is C19H31NO2. The Bertz CT molecular complexity index is 445. The first kappa shape index (κ1) is 16.0. The Morgan fingerprint density at radius 2 is 2.09 bits per heavy atom. The van der Waals surface area contributed by atoms with Gasteiger partial charge in [-0.15, -0.1) is 0 Å². The van der Waals surface area contributed by atoms with E-state index in [1.807, 2.05) is 6.08 Å². The van der Waals surface area contributed by atoms with Crippen molar-refractivity contribution in [3.05, 3.63) is 11.8 Å². The predicted octanol–water partition coefficient (Wildman–Crippen LogP) is 3.81. The molecule has 0 bridgehead atoms. The Balaban J connectivity index is 1.83. The number of aliphatic hydroxyl groups is 1. The van der Waals surface area contributed by atoms with E-state index in [9.17, 15) is 9.90 Å². The van der Waals surface area contributed by atoms with Crippen molar-refractivity contribution in [2.75, 3.05) is 6.61 Å². The first-order valence-electron chi connectivity index (χ1n) is 9.37. The molecule has 1 N–H and O–H groups in total. The summed E-state index contributed by atoms with van der Waals surface area (Å²) in [5, 5.41) is 9.83. The molecule has 124 valence electrons. The largest absolute Gasteiger partial charge is 0.394 e. The standard InChI is InChI=1S/C19H31NO2/c1-2-3-4-5-8-15-13-18(22)17-9-6-7-11-19(17)12-10-16(14-21)20(15)19/h13,16-17,21H,2-12,14H2,1H3/t16-,17+,19-/m1/s1. The molecule has 3 heteroatoms. The molecule has 2 fully saturated rings. The highest BCUT2D eigenvalue weighted by molar-refractivity contribution is 5.94. The minimum absolute atomic E-state index is 0.0531. The van der Waals surface area contributed by atoms with E-state index in [0.717, 1.165) is 32.1 Å². The summed E-state index contributed by atoms with van der Waals surface area (Å²) in [4.78, 5) is 15.2. The summed E-state index contributed by atoms with van der Waals surface area (Å²) in [6.07, 6.45) is 14.7. The number of unbranched alkanes of at least 4 members (excludes halogenated alkanes) is 3. The molecule has 0 aromatic rings. The van der Waals surface area contributed by atoms with Crippen molar-refractivity contribution in [3.8, 4) is 0 Å². The van der Waals surface area contributed by atoms with E-state index in [-0.39, 0.29) is 24.1 Å². The van der Waals surface area contributed by atoms with E-state index in [1.54, 1.807) is 0 Å². The number of ketones is 1. The zero-order chi connectivity index (χ0) is 15.6. The van der Waals surface area contributed by atoms with Crippen LogP contribution in [0.1, 0.15) is 77.6 Å². The summed E-state index contributed by atoms with van der Waals surface area (Å²) >= 11 is 0. The van der Waals surface area contributed by atoms with Gasteiger partial charge in [0.15, 0.2) is 5.78 Å². The lowest BCUT2D eigenvalue weighted by atomic mass is 9.67. The Kier molecular flexibility index (Phi) is 4.91. The smallest absolute Gasteiger partial charge is 0.162 e. The average molecular weight is 305 g/mol. The highest BCUT2D eigenvalue weighted by Crippen LogP contribution is 2.52. The van der Waals surface area contributed by atoms with Gasteiger partial charge in [-0.05, 0) is 38.5 Å². The molecule has 22 heavy (non-hydrogen) atoms. The molecule has 2 heterocycles. The van der Waals surface area contributed by atoms with Gasteiger partial charge in [0.2, 0.25) is 0 Å². The summed E-state index contributed by atoms with van der Waals surface area (Å²) in [6.45, 7) is 2.46. The highest BCUT2D eigenvalue weighted by Gasteiger charge is 2.56. The van der Waals surface area contributed by atoms with Gasteiger partial charge in [-0.25, -0.2) is 0 Å². The molecule has 3 nitrogen and oxygen atoms in total. The lowest BCUT2D eigenvalue weighted by molar-refractivity contribution is -0.127. The Labute approximate surface area is 134 Å². The fourth-order valence-corrected chi connectivity index (χ4v) is 5.20. The van der Waals surface area contributed by atoms with Crippen molar-refractivity contribution >= 4 is 5.78 Å².